The Morgan fingerprint density at radius 2 is 2.14 bits per heavy atom. The van der Waals surface area contributed by atoms with Gasteiger partial charge in [-0.2, -0.15) is 15.5 Å². The molecule has 108 valence electrons. The van der Waals surface area contributed by atoms with Crippen LogP contribution in [0.15, 0.2) is 12.4 Å². The summed E-state index contributed by atoms with van der Waals surface area (Å²) in [7, 11) is 1.92. The molecule has 21 heavy (non-hydrogen) atoms. The van der Waals surface area contributed by atoms with Crippen molar-refractivity contribution in [2.75, 3.05) is 11.4 Å². The predicted octanol–water partition coefficient (Wildman–Crippen LogP) is 2.04. The third-order valence-corrected chi connectivity index (χ3v) is 4.18. The predicted molar refractivity (Wildman–Crippen MR) is 78.8 cm³/mol. The van der Waals surface area contributed by atoms with E-state index in [1.165, 1.54) is 5.56 Å². The van der Waals surface area contributed by atoms with Gasteiger partial charge in [-0.25, -0.2) is 0 Å². The molecule has 0 amide bonds. The van der Waals surface area contributed by atoms with Crippen molar-refractivity contribution >= 4 is 5.82 Å². The van der Waals surface area contributed by atoms with Gasteiger partial charge in [0.05, 0.1) is 17.9 Å². The van der Waals surface area contributed by atoms with Gasteiger partial charge in [-0.1, -0.05) is 0 Å². The summed E-state index contributed by atoms with van der Waals surface area (Å²) < 4.78 is 1.81. The van der Waals surface area contributed by atoms with E-state index in [2.05, 4.69) is 26.3 Å². The number of nitriles is 1. The molecule has 2 aromatic rings. The highest BCUT2D eigenvalue weighted by Gasteiger charge is 2.30. The highest BCUT2D eigenvalue weighted by Crippen LogP contribution is 2.36. The van der Waals surface area contributed by atoms with Crippen molar-refractivity contribution in [3.05, 3.63) is 34.8 Å². The van der Waals surface area contributed by atoms with Crippen LogP contribution in [0.3, 0.4) is 0 Å². The zero-order valence-electron chi connectivity index (χ0n) is 12.5. The van der Waals surface area contributed by atoms with Crippen molar-refractivity contribution in [1.82, 2.24) is 20.0 Å². The summed E-state index contributed by atoms with van der Waals surface area (Å²) in [5.41, 5.74) is 3.53. The molecule has 0 saturated carbocycles. The van der Waals surface area contributed by atoms with E-state index in [0.717, 1.165) is 30.6 Å². The molecular formula is C15H18N6. The molecule has 0 aliphatic carbocycles. The van der Waals surface area contributed by atoms with E-state index in [0.29, 0.717) is 11.4 Å². The Hall–Kier alpha value is -2.42. The van der Waals surface area contributed by atoms with E-state index < -0.39 is 0 Å². The summed E-state index contributed by atoms with van der Waals surface area (Å²) in [6.45, 7) is 4.71. The van der Waals surface area contributed by atoms with Crippen LogP contribution >= 0.6 is 0 Å². The van der Waals surface area contributed by atoms with Crippen molar-refractivity contribution in [3.63, 3.8) is 0 Å². The van der Waals surface area contributed by atoms with Crippen LogP contribution in [0.2, 0.25) is 0 Å². The van der Waals surface area contributed by atoms with Gasteiger partial charge in [-0.15, -0.1) is 5.10 Å². The third kappa shape index (κ3) is 2.25. The minimum atomic E-state index is 0.224. The van der Waals surface area contributed by atoms with Crippen molar-refractivity contribution in [2.45, 2.75) is 32.7 Å². The summed E-state index contributed by atoms with van der Waals surface area (Å²) in [4.78, 5) is 2.19. The fourth-order valence-electron chi connectivity index (χ4n) is 2.91. The molecule has 3 rings (SSSR count). The lowest BCUT2D eigenvalue weighted by Gasteiger charge is -2.25. The lowest BCUT2D eigenvalue weighted by atomic mass is 10.1. The Morgan fingerprint density at radius 1 is 1.33 bits per heavy atom. The standard InChI is InChI=1S/C15H18N6/c1-10-11(2)18-19-15(13(10)7-16)21-6-4-5-14(21)12-8-17-20(3)9-12/h8-9,14H,4-6H2,1-3H3/t14-/m1/s1. The van der Waals surface area contributed by atoms with Crippen LogP contribution in [0.4, 0.5) is 5.82 Å². The number of aryl methyl sites for hydroxylation is 2. The van der Waals surface area contributed by atoms with E-state index in [1.54, 1.807) is 0 Å². The van der Waals surface area contributed by atoms with Gasteiger partial charge in [0.1, 0.15) is 11.6 Å². The highest BCUT2D eigenvalue weighted by atomic mass is 15.3. The molecule has 2 aromatic heterocycles. The molecule has 0 aromatic carbocycles. The number of hydrogen-bond donors (Lipinski definition) is 0. The van der Waals surface area contributed by atoms with Crippen LogP contribution in [0.25, 0.3) is 0 Å². The molecular weight excluding hydrogens is 264 g/mol. The average Bonchev–Trinajstić information content (AvgIpc) is 3.10. The Kier molecular flexibility index (Phi) is 3.34. The fourth-order valence-corrected chi connectivity index (χ4v) is 2.91. The van der Waals surface area contributed by atoms with Gasteiger partial charge < -0.3 is 4.90 Å². The van der Waals surface area contributed by atoms with Crippen LogP contribution in [0, 0.1) is 25.2 Å². The average molecular weight is 282 g/mol. The van der Waals surface area contributed by atoms with Crippen molar-refractivity contribution < 1.29 is 0 Å². The van der Waals surface area contributed by atoms with Crippen molar-refractivity contribution in [2.24, 2.45) is 7.05 Å². The molecule has 1 atom stereocenters. The van der Waals surface area contributed by atoms with Gasteiger partial charge in [-0.3, -0.25) is 4.68 Å². The minimum Gasteiger partial charge on any atom is -0.347 e. The molecule has 3 heterocycles. The van der Waals surface area contributed by atoms with Crippen molar-refractivity contribution in [3.8, 4) is 6.07 Å². The lowest BCUT2D eigenvalue weighted by molar-refractivity contribution is 0.699. The molecule has 1 aliphatic rings. The van der Waals surface area contributed by atoms with Gasteiger partial charge in [-0.05, 0) is 32.3 Å². The van der Waals surface area contributed by atoms with Crippen LogP contribution in [0.1, 0.15) is 41.3 Å². The molecule has 1 fully saturated rings. The molecule has 1 saturated heterocycles. The van der Waals surface area contributed by atoms with Crippen molar-refractivity contribution in [1.29, 1.82) is 5.26 Å². The van der Waals surface area contributed by atoms with E-state index >= 15 is 0 Å². The Balaban J connectivity index is 2.04. The Morgan fingerprint density at radius 3 is 2.81 bits per heavy atom. The summed E-state index contributed by atoms with van der Waals surface area (Å²) in [6.07, 6.45) is 6.05. The first kappa shape index (κ1) is 13.6. The zero-order valence-corrected chi connectivity index (χ0v) is 12.5. The van der Waals surface area contributed by atoms with E-state index in [9.17, 15) is 5.26 Å². The first-order valence-electron chi connectivity index (χ1n) is 7.11. The quantitative estimate of drug-likeness (QED) is 0.843. The molecule has 0 N–H and O–H groups in total. The van der Waals surface area contributed by atoms with Gasteiger partial charge in [0.25, 0.3) is 0 Å². The first-order valence-corrected chi connectivity index (χ1v) is 7.11. The van der Waals surface area contributed by atoms with Crippen LogP contribution < -0.4 is 4.90 Å². The van der Waals surface area contributed by atoms with E-state index in [4.69, 9.17) is 0 Å². The van der Waals surface area contributed by atoms with Gasteiger partial charge >= 0.3 is 0 Å². The van der Waals surface area contributed by atoms with Gasteiger partial charge in [0, 0.05) is 25.4 Å². The summed E-state index contributed by atoms with van der Waals surface area (Å²) in [5.74, 6) is 0.701. The topological polar surface area (TPSA) is 70.6 Å². The summed E-state index contributed by atoms with van der Waals surface area (Å²) in [5, 5.41) is 22.2. The lowest BCUT2D eigenvalue weighted by Crippen LogP contribution is -2.25. The smallest absolute Gasteiger partial charge is 0.170 e. The normalized spacial score (nSPS) is 18.0. The molecule has 6 nitrogen and oxygen atoms in total. The maximum Gasteiger partial charge on any atom is 0.170 e. The molecule has 6 heteroatoms. The SMILES string of the molecule is Cc1nnc(N2CCC[C@@H]2c2cnn(C)c2)c(C#N)c1C. The first-order chi connectivity index (χ1) is 10.1. The molecule has 1 aliphatic heterocycles. The second kappa shape index (κ2) is 5.17. The fraction of sp³-hybridized carbons (Fsp3) is 0.467. The largest absolute Gasteiger partial charge is 0.347 e. The monoisotopic (exact) mass is 282 g/mol. The summed E-state index contributed by atoms with van der Waals surface area (Å²) >= 11 is 0. The second-order valence-corrected chi connectivity index (χ2v) is 5.52. The van der Waals surface area contributed by atoms with Crippen LogP contribution in [-0.4, -0.2) is 26.5 Å². The number of nitrogens with zero attached hydrogens (tertiary/aromatic N) is 6. The van der Waals surface area contributed by atoms with Crippen LogP contribution in [0.5, 0.6) is 0 Å². The number of hydrogen-bond acceptors (Lipinski definition) is 5. The molecule has 0 spiro atoms. The Labute approximate surface area is 124 Å². The number of anilines is 1. The third-order valence-electron chi connectivity index (χ3n) is 4.18. The summed E-state index contributed by atoms with van der Waals surface area (Å²) in [6, 6.07) is 2.52. The second-order valence-electron chi connectivity index (χ2n) is 5.52. The Bertz CT molecular complexity index is 711. The molecule has 0 bridgehead atoms. The zero-order chi connectivity index (χ0) is 15.0. The maximum atomic E-state index is 9.48. The molecule has 0 unspecified atom stereocenters. The number of rotatable bonds is 2. The van der Waals surface area contributed by atoms with E-state index in [-0.39, 0.29) is 6.04 Å². The number of aromatic nitrogens is 4. The molecule has 0 radical (unpaired) electrons. The highest BCUT2D eigenvalue weighted by molar-refractivity contribution is 5.59. The van der Waals surface area contributed by atoms with Gasteiger partial charge in [0.2, 0.25) is 0 Å². The van der Waals surface area contributed by atoms with Crippen LogP contribution in [-0.2, 0) is 7.05 Å². The van der Waals surface area contributed by atoms with Gasteiger partial charge in [0.15, 0.2) is 5.82 Å². The van der Waals surface area contributed by atoms with E-state index in [1.807, 2.05) is 38.0 Å². The minimum absolute atomic E-state index is 0.224. The maximum absolute atomic E-state index is 9.48.